The van der Waals surface area contributed by atoms with Crippen LogP contribution in [0.4, 0.5) is 4.79 Å². The summed E-state index contributed by atoms with van der Waals surface area (Å²) < 4.78 is 6.57. The van der Waals surface area contributed by atoms with Gasteiger partial charge in [0.15, 0.2) is 0 Å². The van der Waals surface area contributed by atoms with Gasteiger partial charge in [-0.05, 0) is 63.4 Å². The molecule has 0 saturated heterocycles. The number of carbonyl (C=O) groups excluding carboxylic acids is 2. The lowest BCUT2D eigenvalue weighted by atomic mass is 9.44. The molecule has 4 nitrogen and oxygen atoms in total. The fourth-order valence-corrected chi connectivity index (χ4v) is 10.3. The van der Waals surface area contributed by atoms with Crippen molar-refractivity contribution in [3.05, 3.63) is 11.0 Å². The SMILES string of the molecule is CC[Si](CC)(CC)/C(OC(=O)N(C(C)C)C(C)C)=C1\[C@@H](C(=O)C(C)(C)C)C[C@H]2C[C@@H]1C2(C)C. The van der Waals surface area contributed by atoms with Gasteiger partial charge in [-0.15, -0.1) is 0 Å². The van der Waals surface area contributed by atoms with Crippen LogP contribution < -0.4 is 0 Å². The molecule has 3 fully saturated rings. The second-order valence-corrected chi connectivity index (χ2v) is 17.9. The lowest BCUT2D eigenvalue weighted by Crippen LogP contribution is -2.56. The summed E-state index contributed by atoms with van der Waals surface area (Å²) in [6.07, 6.45) is 1.78. The Morgan fingerprint density at radius 2 is 1.48 bits per heavy atom. The number of ketones is 1. The lowest BCUT2D eigenvalue weighted by Gasteiger charge is -2.61. The highest BCUT2D eigenvalue weighted by Gasteiger charge is 2.59. The van der Waals surface area contributed by atoms with Gasteiger partial charge < -0.3 is 9.64 Å². The molecule has 0 aromatic rings. The van der Waals surface area contributed by atoms with E-state index in [1.165, 1.54) is 5.57 Å². The minimum atomic E-state index is -2.08. The van der Waals surface area contributed by atoms with E-state index in [1.54, 1.807) is 0 Å². The molecular weight excluding hydrogens is 426 g/mol. The molecule has 3 atom stereocenters. The molecule has 0 N–H and O–H groups in total. The van der Waals surface area contributed by atoms with E-state index >= 15 is 0 Å². The van der Waals surface area contributed by atoms with Gasteiger partial charge in [0.05, 0.1) is 5.38 Å². The van der Waals surface area contributed by atoms with Crippen LogP contribution in [0.15, 0.2) is 11.0 Å². The number of Topliss-reactive ketones (excluding diaryl/α,β-unsaturated/α-hetero) is 1. The Kier molecular flexibility index (Phi) is 8.42. The van der Waals surface area contributed by atoms with Gasteiger partial charge in [0.25, 0.3) is 0 Å². The van der Waals surface area contributed by atoms with Crippen molar-refractivity contribution in [1.82, 2.24) is 4.90 Å². The van der Waals surface area contributed by atoms with E-state index in [4.69, 9.17) is 4.74 Å². The van der Waals surface area contributed by atoms with Crippen molar-refractivity contribution in [3.8, 4) is 0 Å². The predicted molar refractivity (Wildman–Crippen MR) is 141 cm³/mol. The van der Waals surface area contributed by atoms with Crippen LogP contribution >= 0.6 is 0 Å². The van der Waals surface area contributed by atoms with Gasteiger partial charge >= 0.3 is 6.09 Å². The summed E-state index contributed by atoms with van der Waals surface area (Å²) in [5, 5.41) is 0.963. The third kappa shape index (κ3) is 4.99. The van der Waals surface area contributed by atoms with Crippen molar-refractivity contribution < 1.29 is 14.3 Å². The Balaban J connectivity index is 2.77. The van der Waals surface area contributed by atoms with Crippen LogP contribution in [0.3, 0.4) is 0 Å². The van der Waals surface area contributed by atoms with Crippen molar-refractivity contribution in [2.45, 2.75) is 126 Å². The Labute approximate surface area is 204 Å². The number of rotatable bonds is 8. The summed E-state index contributed by atoms with van der Waals surface area (Å²) in [7, 11) is -2.08. The monoisotopic (exact) mass is 477 g/mol. The van der Waals surface area contributed by atoms with E-state index in [9.17, 15) is 9.59 Å². The fraction of sp³-hybridized carbons (Fsp3) is 0.857. The summed E-state index contributed by atoms with van der Waals surface area (Å²) in [6, 6.07) is 3.22. The zero-order valence-corrected chi connectivity index (χ0v) is 24.6. The zero-order valence-electron chi connectivity index (χ0n) is 23.6. The van der Waals surface area contributed by atoms with E-state index < -0.39 is 13.5 Å². The van der Waals surface area contributed by atoms with Crippen molar-refractivity contribution in [1.29, 1.82) is 0 Å². The van der Waals surface area contributed by atoms with E-state index in [-0.39, 0.29) is 29.5 Å². The smallest absolute Gasteiger partial charge is 0.414 e. The summed E-state index contributed by atoms with van der Waals surface area (Å²) in [5.41, 5.74) is 0.961. The first-order valence-corrected chi connectivity index (χ1v) is 16.0. The molecule has 1 amide bonds. The van der Waals surface area contributed by atoms with Crippen molar-refractivity contribution in [3.63, 3.8) is 0 Å². The molecule has 190 valence electrons. The maximum absolute atomic E-state index is 13.8. The Bertz CT molecular complexity index is 754. The molecule has 2 bridgehead atoms. The summed E-state index contributed by atoms with van der Waals surface area (Å²) in [6.45, 7) is 25.8. The topological polar surface area (TPSA) is 46.6 Å². The highest BCUT2D eigenvalue weighted by Crippen LogP contribution is 2.65. The van der Waals surface area contributed by atoms with Gasteiger partial charge in [-0.25, -0.2) is 4.79 Å². The third-order valence-corrected chi connectivity index (χ3v) is 14.5. The number of ether oxygens (including phenoxy) is 1. The average Bonchev–Trinajstić information content (AvgIpc) is 2.72. The van der Waals surface area contributed by atoms with Crippen LogP contribution in [0, 0.1) is 28.6 Å². The summed E-state index contributed by atoms with van der Waals surface area (Å²) in [4.78, 5) is 29.3. The molecule has 3 aliphatic carbocycles. The largest absolute Gasteiger partial charge is 0.420 e. The molecule has 0 aromatic heterocycles. The van der Waals surface area contributed by atoms with Gasteiger partial charge in [-0.2, -0.15) is 0 Å². The van der Waals surface area contributed by atoms with Crippen molar-refractivity contribution in [2.24, 2.45) is 28.6 Å². The lowest BCUT2D eigenvalue weighted by molar-refractivity contribution is -0.136. The third-order valence-electron chi connectivity index (χ3n) is 9.08. The van der Waals surface area contributed by atoms with Gasteiger partial charge in [0.2, 0.25) is 0 Å². The maximum Gasteiger partial charge on any atom is 0.414 e. The molecule has 0 aliphatic heterocycles. The molecular formula is C28H51NO3Si. The molecule has 3 aliphatic rings. The number of fused-ring (bicyclic) bond motifs is 2. The first-order chi connectivity index (χ1) is 15.1. The average molecular weight is 478 g/mol. The second kappa shape index (κ2) is 9.87. The van der Waals surface area contributed by atoms with Gasteiger partial charge in [0.1, 0.15) is 13.9 Å². The molecule has 0 heterocycles. The standard InChI is InChI=1S/C28H51NO3Si/c1-13-33(14-2,15-3)25(32-26(31)29(18(4)5)19(6)7)23-21(24(30)27(8,9)10)16-20-17-22(23)28(20,11)12/h18-22H,13-17H2,1-12H3/b25-23+/t20-,21-,22-/m0/s1. The fourth-order valence-electron chi connectivity index (χ4n) is 6.55. The number of carbonyl (C=O) groups is 2. The van der Waals surface area contributed by atoms with Crippen LogP contribution in [0.2, 0.25) is 18.1 Å². The van der Waals surface area contributed by atoms with Crippen LogP contribution in [0.5, 0.6) is 0 Å². The number of hydrogen-bond donors (Lipinski definition) is 0. The molecule has 0 radical (unpaired) electrons. The van der Waals surface area contributed by atoms with E-state index in [1.807, 2.05) is 53.4 Å². The van der Waals surface area contributed by atoms with Gasteiger partial charge in [-0.3, -0.25) is 4.79 Å². The van der Waals surface area contributed by atoms with Crippen LogP contribution in [-0.4, -0.2) is 36.9 Å². The first kappa shape index (κ1) is 28.1. The molecule has 3 rings (SSSR count). The van der Waals surface area contributed by atoms with E-state index in [0.29, 0.717) is 17.6 Å². The Morgan fingerprint density at radius 1 is 1.00 bits per heavy atom. The normalized spacial score (nSPS) is 26.2. The maximum atomic E-state index is 13.8. The van der Waals surface area contributed by atoms with Crippen molar-refractivity contribution >= 4 is 20.0 Å². The molecule has 3 saturated carbocycles. The predicted octanol–water partition coefficient (Wildman–Crippen LogP) is 7.84. The molecule has 5 heteroatoms. The summed E-state index contributed by atoms with van der Waals surface area (Å²) >= 11 is 0. The molecule has 0 aromatic carbocycles. The number of allylic oxidation sites excluding steroid dienone is 1. The Hall–Kier alpha value is -1.10. The van der Waals surface area contributed by atoms with Crippen LogP contribution in [0.1, 0.15) is 95.9 Å². The number of amides is 1. The Morgan fingerprint density at radius 3 is 1.85 bits per heavy atom. The second-order valence-electron chi connectivity index (χ2n) is 12.8. The number of hydrogen-bond acceptors (Lipinski definition) is 3. The quantitative estimate of drug-likeness (QED) is 0.264. The minimum absolute atomic E-state index is 0.0626. The molecule has 0 unspecified atom stereocenters. The molecule has 0 spiro atoms. The first-order valence-electron chi connectivity index (χ1n) is 13.4. The van der Waals surface area contributed by atoms with Crippen LogP contribution in [0.25, 0.3) is 0 Å². The van der Waals surface area contributed by atoms with Crippen molar-refractivity contribution in [2.75, 3.05) is 0 Å². The molecule has 33 heavy (non-hydrogen) atoms. The highest BCUT2D eigenvalue weighted by molar-refractivity contribution is 6.86. The number of nitrogens with zero attached hydrogens (tertiary/aromatic N) is 1. The van der Waals surface area contributed by atoms with Gasteiger partial charge in [0, 0.05) is 23.4 Å². The van der Waals surface area contributed by atoms with E-state index in [0.717, 1.165) is 36.4 Å². The summed E-state index contributed by atoms with van der Waals surface area (Å²) in [5.74, 6) is 1.10. The minimum Gasteiger partial charge on any atom is -0.420 e. The highest BCUT2D eigenvalue weighted by atomic mass is 28.3. The van der Waals surface area contributed by atoms with Gasteiger partial charge in [-0.1, -0.05) is 73.5 Å². The zero-order chi connectivity index (χ0) is 25.5. The van der Waals surface area contributed by atoms with Crippen LogP contribution in [-0.2, 0) is 9.53 Å². The van der Waals surface area contributed by atoms with E-state index in [2.05, 4.69) is 34.6 Å².